The van der Waals surface area contributed by atoms with Gasteiger partial charge in [-0.1, -0.05) is 6.07 Å². The highest BCUT2D eigenvalue weighted by atomic mass is 19.1. The molecule has 28 heavy (non-hydrogen) atoms. The van der Waals surface area contributed by atoms with Crippen LogP contribution in [0.4, 0.5) is 14.9 Å². The molecule has 3 aliphatic heterocycles. The second kappa shape index (κ2) is 8.05. The van der Waals surface area contributed by atoms with Crippen LogP contribution in [0.25, 0.3) is 0 Å². The molecule has 0 saturated carbocycles. The predicted molar refractivity (Wildman–Crippen MR) is 100 cm³/mol. The van der Waals surface area contributed by atoms with E-state index in [0.717, 1.165) is 12.8 Å². The zero-order chi connectivity index (χ0) is 19.6. The second-order valence-corrected chi connectivity index (χ2v) is 7.79. The quantitative estimate of drug-likeness (QED) is 0.837. The van der Waals surface area contributed by atoms with E-state index in [1.807, 2.05) is 4.90 Å². The Morgan fingerprint density at radius 2 is 1.79 bits per heavy atom. The summed E-state index contributed by atoms with van der Waals surface area (Å²) >= 11 is 0. The topological polar surface area (TPSA) is 71.1 Å². The van der Waals surface area contributed by atoms with Crippen LogP contribution in [0.2, 0.25) is 0 Å². The maximum atomic E-state index is 13.4. The van der Waals surface area contributed by atoms with Gasteiger partial charge < -0.3 is 24.6 Å². The number of likely N-dealkylation sites (tertiary alicyclic amines) is 1. The highest BCUT2D eigenvalue weighted by Gasteiger charge is 2.52. The number of morpholine rings is 1. The Morgan fingerprint density at radius 3 is 2.50 bits per heavy atom. The first-order valence-corrected chi connectivity index (χ1v) is 9.83. The standard InChI is InChI=1S/C20H26FN3O4/c21-15-2-1-3-16(12-15)22-19(26)24-13-17(18(25)23-6-10-28-11-7-23)20(14-24)4-8-27-9-5-20/h1-3,12,17H,4-11,13-14H2,(H,22,26)/t17-/m0/s1. The van der Waals surface area contributed by atoms with E-state index in [2.05, 4.69) is 5.32 Å². The van der Waals surface area contributed by atoms with Crippen LogP contribution in [0, 0.1) is 17.2 Å². The molecule has 8 heteroatoms. The molecule has 3 amide bonds. The molecule has 1 N–H and O–H groups in total. The van der Waals surface area contributed by atoms with Crippen molar-refractivity contribution in [1.82, 2.24) is 9.80 Å². The zero-order valence-electron chi connectivity index (χ0n) is 15.9. The highest BCUT2D eigenvalue weighted by molar-refractivity contribution is 5.90. The predicted octanol–water partition coefficient (Wildman–Crippen LogP) is 1.94. The maximum absolute atomic E-state index is 13.4. The van der Waals surface area contributed by atoms with Gasteiger partial charge in [-0.05, 0) is 31.0 Å². The molecule has 0 aliphatic carbocycles. The van der Waals surface area contributed by atoms with Crippen molar-refractivity contribution in [3.05, 3.63) is 30.1 Å². The molecule has 3 saturated heterocycles. The van der Waals surface area contributed by atoms with E-state index in [0.29, 0.717) is 58.3 Å². The molecular weight excluding hydrogens is 365 g/mol. The fourth-order valence-corrected chi connectivity index (χ4v) is 4.52. The third-order valence-electron chi connectivity index (χ3n) is 6.12. The van der Waals surface area contributed by atoms with E-state index in [4.69, 9.17) is 9.47 Å². The molecule has 0 aromatic heterocycles. The van der Waals surface area contributed by atoms with E-state index >= 15 is 0 Å². The SMILES string of the molecule is O=C(Nc1cccc(F)c1)N1C[C@@H](C(=O)N2CCOCC2)C2(CCOCC2)C1. The molecule has 0 bridgehead atoms. The van der Waals surface area contributed by atoms with Crippen LogP contribution in [-0.2, 0) is 14.3 Å². The third kappa shape index (κ3) is 3.84. The van der Waals surface area contributed by atoms with Gasteiger partial charge in [0.15, 0.2) is 0 Å². The van der Waals surface area contributed by atoms with Gasteiger partial charge in [-0.3, -0.25) is 4.79 Å². The molecule has 3 aliphatic rings. The van der Waals surface area contributed by atoms with Gasteiger partial charge in [0, 0.05) is 50.5 Å². The Morgan fingerprint density at radius 1 is 1.07 bits per heavy atom. The normalized spacial score (nSPS) is 24.4. The van der Waals surface area contributed by atoms with Crippen molar-refractivity contribution in [3.63, 3.8) is 0 Å². The van der Waals surface area contributed by atoms with Gasteiger partial charge in [0.25, 0.3) is 0 Å². The summed E-state index contributed by atoms with van der Waals surface area (Å²) in [4.78, 5) is 29.6. The number of urea groups is 1. The summed E-state index contributed by atoms with van der Waals surface area (Å²) in [7, 11) is 0. The van der Waals surface area contributed by atoms with Gasteiger partial charge in [0.2, 0.25) is 5.91 Å². The van der Waals surface area contributed by atoms with Crippen LogP contribution < -0.4 is 5.32 Å². The van der Waals surface area contributed by atoms with E-state index in [1.165, 1.54) is 12.1 Å². The molecule has 1 aromatic rings. The molecule has 0 radical (unpaired) electrons. The van der Waals surface area contributed by atoms with Crippen molar-refractivity contribution in [2.75, 3.05) is 57.9 Å². The fraction of sp³-hybridized carbons (Fsp3) is 0.600. The summed E-state index contributed by atoms with van der Waals surface area (Å²) in [5.74, 6) is -0.542. The van der Waals surface area contributed by atoms with E-state index < -0.39 is 5.82 Å². The largest absolute Gasteiger partial charge is 0.381 e. The molecule has 1 atom stereocenters. The smallest absolute Gasteiger partial charge is 0.321 e. The number of carbonyl (C=O) groups excluding carboxylic acids is 2. The summed E-state index contributed by atoms with van der Waals surface area (Å²) in [6.07, 6.45) is 1.52. The summed E-state index contributed by atoms with van der Waals surface area (Å²) in [5, 5.41) is 2.76. The molecule has 1 aromatic carbocycles. The van der Waals surface area contributed by atoms with Crippen LogP contribution >= 0.6 is 0 Å². The molecule has 4 rings (SSSR count). The van der Waals surface area contributed by atoms with Crippen molar-refractivity contribution < 1.29 is 23.5 Å². The molecule has 3 fully saturated rings. The van der Waals surface area contributed by atoms with Crippen molar-refractivity contribution in [3.8, 4) is 0 Å². The highest BCUT2D eigenvalue weighted by Crippen LogP contribution is 2.45. The number of hydrogen-bond donors (Lipinski definition) is 1. The van der Waals surface area contributed by atoms with E-state index in [9.17, 15) is 14.0 Å². The number of anilines is 1. The van der Waals surface area contributed by atoms with Crippen LogP contribution in [0.15, 0.2) is 24.3 Å². The summed E-state index contributed by atoms with van der Waals surface area (Å²) in [6.45, 7) is 4.39. The first kappa shape index (κ1) is 19.1. The maximum Gasteiger partial charge on any atom is 0.321 e. The van der Waals surface area contributed by atoms with Gasteiger partial charge in [0.05, 0.1) is 19.1 Å². The van der Waals surface area contributed by atoms with Gasteiger partial charge in [-0.2, -0.15) is 0 Å². The average molecular weight is 391 g/mol. The van der Waals surface area contributed by atoms with Crippen molar-refractivity contribution in [1.29, 1.82) is 0 Å². The van der Waals surface area contributed by atoms with Crippen LogP contribution in [0.3, 0.4) is 0 Å². The monoisotopic (exact) mass is 391 g/mol. The minimum atomic E-state index is -0.402. The van der Waals surface area contributed by atoms with Gasteiger partial charge in [-0.15, -0.1) is 0 Å². The molecule has 152 valence electrons. The lowest BCUT2D eigenvalue weighted by Gasteiger charge is -2.39. The van der Waals surface area contributed by atoms with Crippen molar-refractivity contribution in [2.24, 2.45) is 11.3 Å². The molecular formula is C20H26FN3O4. The molecule has 3 heterocycles. The van der Waals surface area contributed by atoms with Crippen LogP contribution in [0.5, 0.6) is 0 Å². The first-order valence-electron chi connectivity index (χ1n) is 9.83. The van der Waals surface area contributed by atoms with E-state index in [1.54, 1.807) is 17.0 Å². The number of carbonyl (C=O) groups is 2. The Labute approximate surface area is 163 Å². The molecule has 1 spiro atoms. The number of halogens is 1. The lowest BCUT2D eigenvalue weighted by Crippen LogP contribution is -2.49. The number of ether oxygens (including phenoxy) is 2. The van der Waals surface area contributed by atoms with Crippen LogP contribution in [-0.4, -0.2) is 74.3 Å². The summed E-state index contributed by atoms with van der Waals surface area (Å²) < 4.78 is 24.3. The number of rotatable bonds is 2. The average Bonchev–Trinajstić information content (AvgIpc) is 3.07. The van der Waals surface area contributed by atoms with Gasteiger partial charge >= 0.3 is 6.03 Å². The number of nitrogens with one attached hydrogen (secondary N) is 1. The van der Waals surface area contributed by atoms with Crippen molar-refractivity contribution >= 4 is 17.6 Å². The van der Waals surface area contributed by atoms with Gasteiger partial charge in [-0.25, -0.2) is 9.18 Å². The Kier molecular flexibility index (Phi) is 5.50. The van der Waals surface area contributed by atoms with Crippen molar-refractivity contribution in [2.45, 2.75) is 12.8 Å². The lowest BCUT2D eigenvalue weighted by atomic mass is 9.71. The lowest BCUT2D eigenvalue weighted by molar-refractivity contribution is -0.144. The van der Waals surface area contributed by atoms with E-state index in [-0.39, 0.29) is 23.3 Å². The fourth-order valence-electron chi connectivity index (χ4n) is 4.52. The minimum Gasteiger partial charge on any atom is -0.381 e. The molecule has 7 nitrogen and oxygen atoms in total. The third-order valence-corrected chi connectivity index (χ3v) is 6.12. The van der Waals surface area contributed by atoms with Gasteiger partial charge in [0.1, 0.15) is 5.82 Å². The summed E-state index contributed by atoms with van der Waals surface area (Å²) in [6, 6.07) is 5.53. The Bertz CT molecular complexity index is 732. The number of amides is 3. The number of benzene rings is 1. The Balaban J connectivity index is 1.50. The number of nitrogens with zero attached hydrogens (tertiary/aromatic N) is 2. The zero-order valence-corrected chi connectivity index (χ0v) is 15.9. The van der Waals surface area contributed by atoms with Crippen LogP contribution in [0.1, 0.15) is 12.8 Å². The number of hydrogen-bond acceptors (Lipinski definition) is 4. The summed E-state index contributed by atoms with van der Waals surface area (Å²) in [5.41, 5.74) is 0.154. The first-order chi connectivity index (χ1) is 13.6. The second-order valence-electron chi connectivity index (χ2n) is 7.79. The Hall–Kier alpha value is -2.19. The molecule has 0 unspecified atom stereocenters. The minimum absolute atomic E-state index is 0.103.